The Balaban J connectivity index is 1.29. The lowest BCUT2D eigenvalue weighted by molar-refractivity contribution is -0.127. The van der Waals surface area contributed by atoms with Crippen LogP contribution >= 0.6 is 0 Å². The number of alkyl halides is 3. The molecule has 0 spiro atoms. The molecule has 1 aromatic heterocycles. The first-order valence-electron chi connectivity index (χ1n) is 11.3. The van der Waals surface area contributed by atoms with Crippen molar-refractivity contribution in [1.82, 2.24) is 14.5 Å². The summed E-state index contributed by atoms with van der Waals surface area (Å²) in [5.41, 5.74) is 4.17. The molecule has 0 saturated carbocycles. The van der Waals surface area contributed by atoms with E-state index in [1.807, 2.05) is 6.07 Å². The van der Waals surface area contributed by atoms with E-state index >= 15 is 0 Å². The van der Waals surface area contributed by atoms with Crippen LogP contribution in [0.25, 0.3) is 11.0 Å². The Labute approximate surface area is 185 Å². The van der Waals surface area contributed by atoms with Crippen molar-refractivity contribution in [3.63, 3.8) is 0 Å². The van der Waals surface area contributed by atoms with Gasteiger partial charge in [0.1, 0.15) is 11.6 Å². The maximum absolute atomic E-state index is 14.0. The molecule has 32 heavy (non-hydrogen) atoms. The molecule has 0 radical (unpaired) electrons. The molecule has 1 unspecified atom stereocenters. The van der Waals surface area contributed by atoms with Gasteiger partial charge < -0.3 is 4.57 Å². The molecule has 0 N–H and O–H groups in total. The molecule has 0 bridgehead atoms. The van der Waals surface area contributed by atoms with Crippen LogP contribution in [0.5, 0.6) is 0 Å². The summed E-state index contributed by atoms with van der Waals surface area (Å²) < 4.78 is 54.6. The van der Waals surface area contributed by atoms with Crippen LogP contribution in [0.2, 0.25) is 0 Å². The molecule has 3 nitrogen and oxygen atoms in total. The fourth-order valence-corrected chi connectivity index (χ4v) is 5.41. The number of imidazole rings is 1. The summed E-state index contributed by atoms with van der Waals surface area (Å²) in [6, 6.07) is 10.5. The predicted octanol–water partition coefficient (Wildman–Crippen LogP) is 6.17. The minimum absolute atomic E-state index is 0.230. The van der Waals surface area contributed by atoms with Gasteiger partial charge in [-0.05, 0) is 74.4 Å². The van der Waals surface area contributed by atoms with Gasteiger partial charge in [0.2, 0.25) is 0 Å². The van der Waals surface area contributed by atoms with Crippen molar-refractivity contribution in [2.45, 2.75) is 63.7 Å². The number of aromatic nitrogens is 2. The third-order valence-electron chi connectivity index (χ3n) is 6.95. The van der Waals surface area contributed by atoms with Crippen molar-refractivity contribution in [2.24, 2.45) is 0 Å². The molecular formula is C25H27F4N3. The molecule has 0 amide bonds. The number of likely N-dealkylation sites (tertiary alicyclic amines) is 1. The quantitative estimate of drug-likeness (QED) is 0.448. The summed E-state index contributed by atoms with van der Waals surface area (Å²) in [5.74, 6) is 1.02. The van der Waals surface area contributed by atoms with E-state index in [0.717, 1.165) is 66.8 Å². The summed E-state index contributed by atoms with van der Waals surface area (Å²) >= 11 is 0. The molecule has 0 aliphatic carbocycles. The van der Waals surface area contributed by atoms with Crippen LogP contribution < -0.4 is 0 Å². The van der Waals surface area contributed by atoms with Crippen LogP contribution in [0.3, 0.4) is 0 Å². The van der Waals surface area contributed by atoms with Crippen molar-refractivity contribution in [1.29, 1.82) is 0 Å². The van der Waals surface area contributed by atoms with Crippen molar-refractivity contribution in [3.8, 4) is 0 Å². The molecular weight excluding hydrogens is 418 g/mol. The van der Waals surface area contributed by atoms with Gasteiger partial charge in [-0.1, -0.05) is 24.3 Å². The van der Waals surface area contributed by atoms with E-state index in [1.54, 1.807) is 24.3 Å². The molecule has 2 aliphatic rings. The molecule has 7 heteroatoms. The van der Waals surface area contributed by atoms with Crippen molar-refractivity contribution in [3.05, 3.63) is 64.7 Å². The standard InChI is InChI=1S/C25H27F4N3/c1-16-5-6-20-12-21(26)13-22-24(20)32(16)23(30-22)15-31-9-7-18(8-10-31)19-4-2-3-17(11-19)14-25(27,28)29/h2-4,11-13,16,18H,5-10,14-15H2,1H3. The highest BCUT2D eigenvalue weighted by molar-refractivity contribution is 5.80. The van der Waals surface area contributed by atoms with Gasteiger partial charge in [0.25, 0.3) is 0 Å². The van der Waals surface area contributed by atoms with E-state index in [0.29, 0.717) is 18.2 Å². The zero-order valence-electron chi connectivity index (χ0n) is 18.1. The molecule has 1 atom stereocenters. The van der Waals surface area contributed by atoms with Crippen LogP contribution in [-0.4, -0.2) is 33.7 Å². The van der Waals surface area contributed by atoms with Crippen molar-refractivity contribution < 1.29 is 17.6 Å². The normalized spacial score (nSPS) is 20.2. The van der Waals surface area contributed by atoms with Crippen LogP contribution in [0, 0.1) is 5.82 Å². The number of benzene rings is 2. The molecule has 5 rings (SSSR count). The average molecular weight is 446 g/mol. The van der Waals surface area contributed by atoms with Crippen LogP contribution in [0.1, 0.15) is 60.7 Å². The Kier molecular flexibility index (Phi) is 5.48. The van der Waals surface area contributed by atoms with Crippen LogP contribution in [0.4, 0.5) is 17.6 Å². The highest BCUT2D eigenvalue weighted by atomic mass is 19.4. The minimum Gasteiger partial charge on any atom is -0.324 e. The number of halogens is 4. The van der Waals surface area contributed by atoms with Gasteiger partial charge in [0.05, 0.1) is 24.0 Å². The maximum atomic E-state index is 14.0. The predicted molar refractivity (Wildman–Crippen MR) is 116 cm³/mol. The Morgan fingerprint density at radius 3 is 2.59 bits per heavy atom. The molecule has 1 fully saturated rings. The summed E-state index contributed by atoms with van der Waals surface area (Å²) in [4.78, 5) is 7.15. The number of aryl methyl sites for hydroxylation is 1. The molecule has 2 aliphatic heterocycles. The summed E-state index contributed by atoms with van der Waals surface area (Å²) in [6.45, 7) is 4.64. The lowest BCUT2D eigenvalue weighted by atomic mass is 9.88. The van der Waals surface area contributed by atoms with Crippen LogP contribution in [0.15, 0.2) is 36.4 Å². The van der Waals surface area contributed by atoms with Crippen molar-refractivity contribution in [2.75, 3.05) is 13.1 Å². The summed E-state index contributed by atoms with van der Waals surface area (Å²) in [7, 11) is 0. The Morgan fingerprint density at radius 2 is 1.84 bits per heavy atom. The number of piperidine rings is 1. The topological polar surface area (TPSA) is 21.1 Å². The average Bonchev–Trinajstić information content (AvgIpc) is 3.09. The van der Waals surface area contributed by atoms with E-state index in [-0.39, 0.29) is 11.7 Å². The second-order valence-electron chi connectivity index (χ2n) is 9.31. The molecule has 1 saturated heterocycles. The van der Waals surface area contributed by atoms with E-state index in [4.69, 9.17) is 4.98 Å². The van der Waals surface area contributed by atoms with Crippen LogP contribution in [-0.2, 0) is 19.4 Å². The number of nitrogens with zero attached hydrogens (tertiary/aromatic N) is 3. The molecule has 3 heterocycles. The third-order valence-corrected chi connectivity index (χ3v) is 6.95. The zero-order chi connectivity index (χ0) is 22.5. The number of hydrogen-bond acceptors (Lipinski definition) is 2. The fourth-order valence-electron chi connectivity index (χ4n) is 5.41. The highest BCUT2D eigenvalue weighted by Gasteiger charge is 2.29. The highest BCUT2D eigenvalue weighted by Crippen LogP contribution is 2.35. The van der Waals surface area contributed by atoms with Gasteiger partial charge in [-0.3, -0.25) is 4.90 Å². The van der Waals surface area contributed by atoms with Gasteiger partial charge in [0.15, 0.2) is 0 Å². The van der Waals surface area contributed by atoms with Gasteiger partial charge >= 0.3 is 6.18 Å². The fraction of sp³-hybridized carbons (Fsp3) is 0.480. The Hall–Kier alpha value is -2.41. The monoisotopic (exact) mass is 445 g/mol. The van der Waals surface area contributed by atoms with Gasteiger partial charge in [-0.2, -0.15) is 13.2 Å². The first-order valence-corrected chi connectivity index (χ1v) is 11.3. The Bertz CT molecular complexity index is 1130. The van der Waals surface area contributed by atoms with Gasteiger partial charge in [-0.15, -0.1) is 0 Å². The minimum atomic E-state index is -4.18. The molecule has 3 aromatic rings. The second-order valence-corrected chi connectivity index (χ2v) is 9.31. The first kappa shape index (κ1) is 21.4. The van der Waals surface area contributed by atoms with Gasteiger partial charge in [-0.25, -0.2) is 9.37 Å². The van der Waals surface area contributed by atoms with E-state index in [1.165, 1.54) is 6.07 Å². The molecule has 170 valence electrons. The SMILES string of the molecule is CC1CCc2cc(F)cc3nc(CN4CCC(c5cccc(CC(F)(F)F)c5)CC4)n1c23. The Morgan fingerprint density at radius 1 is 1.06 bits per heavy atom. The number of rotatable bonds is 4. The lowest BCUT2D eigenvalue weighted by Crippen LogP contribution is -2.33. The maximum Gasteiger partial charge on any atom is 0.393 e. The second kappa shape index (κ2) is 8.18. The van der Waals surface area contributed by atoms with E-state index < -0.39 is 12.6 Å². The summed E-state index contributed by atoms with van der Waals surface area (Å²) in [6.07, 6.45) is -1.40. The molecule has 2 aromatic carbocycles. The largest absolute Gasteiger partial charge is 0.393 e. The smallest absolute Gasteiger partial charge is 0.324 e. The zero-order valence-corrected chi connectivity index (χ0v) is 18.1. The van der Waals surface area contributed by atoms with Gasteiger partial charge in [0, 0.05) is 12.1 Å². The number of hydrogen-bond donors (Lipinski definition) is 0. The third kappa shape index (κ3) is 4.27. The lowest BCUT2D eigenvalue weighted by Gasteiger charge is -2.33. The van der Waals surface area contributed by atoms with E-state index in [2.05, 4.69) is 16.4 Å². The van der Waals surface area contributed by atoms with Crippen molar-refractivity contribution >= 4 is 11.0 Å². The summed E-state index contributed by atoms with van der Waals surface area (Å²) in [5, 5.41) is 0. The van der Waals surface area contributed by atoms with E-state index in [9.17, 15) is 17.6 Å². The first-order chi connectivity index (χ1) is 15.3.